The Morgan fingerprint density at radius 3 is 2.42 bits per heavy atom. The van der Waals surface area contributed by atoms with Crippen molar-refractivity contribution < 1.29 is 4.42 Å². The van der Waals surface area contributed by atoms with Crippen LogP contribution in [0.1, 0.15) is 51.5 Å². The van der Waals surface area contributed by atoms with Crippen molar-refractivity contribution >= 4 is 5.69 Å². The first-order chi connectivity index (χ1) is 9.02. The number of hydrogen-bond donors (Lipinski definition) is 1. The van der Waals surface area contributed by atoms with Crippen LogP contribution in [0.2, 0.25) is 0 Å². The van der Waals surface area contributed by atoms with Crippen molar-refractivity contribution in [3.63, 3.8) is 0 Å². The van der Waals surface area contributed by atoms with E-state index in [9.17, 15) is 0 Å². The van der Waals surface area contributed by atoms with Crippen LogP contribution in [-0.4, -0.2) is 0 Å². The van der Waals surface area contributed by atoms with Crippen LogP contribution in [0.25, 0.3) is 0 Å². The first-order valence-electron chi connectivity index (χ1n) is 6.92. The number of furan rings is 1. The second-order valence-electron chi connectivity index (χ2n) is 5.92. The molecule has 2 rings (SSSR count). The van der Waals surface area contributed by atoms with Crippen molar-refractivity contribution in [1.29, 1.82) is 0 Å². The molecule has 1 atom stereocenters. The van der Waals surface area contributed by atoms with Gasteiger partial charge in [0.15, 0.2) is 0 Å². The van der Waals surface area contributed by atoms with Gasteiger partial charge in [0.2, 0.25) is 0 Å². The average Bonchev–Trinajstić information content (AvgIpc) is 2.89. The summed E-state index contributed by atoms with van der Waals surface area (Å²) in [7, 11) is 0. The molecule has 0 aliphatic rings. The van der Waals surface area contributed by atoms with E-state index in [1.807, 2.05) is 12.1 Å². The number of benzene rings is 1. The standard InChI is InChI=1S/C17H23NO/c1-5-14(16-11-8-12-19-16)18-15-10-7-6-9-13(15)17(2,3)4/h6-12,14,18H,5H2,1-4H3. The molecule has 0 amide bonds. The topological polar surface area (TPSA) is 25.2 Å². The van der Waals surface area contributed by atoms with E-state index in [1.165, 1.54) is 11.3 Å². The smallest absolute Gasteiger partial charge is 0.125 e. The molecule has 0 fully saturated rings. The fraction of sp³-hybridized carbons (Fsp3) is 0.412. The van der Waals surface area contributed by atoms with Gasteiger partial charge in [-0.25, -0.2) is 0 Å². The summed E-state index contributed by atoms with van der Waals surface area (Å²) < 4.78 is 5.52. The van der Waals surface area contributed by atoms with Crippen LogP contribution >= 0.6 is 0 Å². The Morgan fingerprint density at radius 2 is 1.84 bits per heavy atom. The van der Waals surface area contributed by atoms with E-state index in [2.05, 4.69) is 57.3 Å². The largest absolute Gasteiger partial charge is 0.467 e. The Bertz CT molecular complexity index is 508. The Morgan fingerprint density at radius 1 is 1.11 bits per heavy atom. The summed E-state index contributed by atoms with van der Waals surface area (Å²) in [6.45, 7) is 8.88. The number of hydrogen-bond acceptors (Lipinski definition) is 2. The number of nitrogens with one attached hydrogen (secondary N) is 1. The second kappa shape index (κ2) is 5.52. The molecule has 0 radical (unpaired) electrons. The van der Waals surface area contributed by atoms with Crippen molar-refractivity contribution in [3.05, 3.63) is 54.0 Å². The highest BCUT2D eigenvalue weighted by molar-refractivity contribution is 5.55. The Kier molecular flexibility index (Phi) is 3.98. The third-order valence-corrected chi connectivity index (χ3v) is 3.36. The molecule has 0 aliphatic carbocycles. The van der Waals surface area contributed by atoms with Gasteiger partial charge in [0.1, 0.15) is 5.76 Å². The fourth-order valence-corrected chi connectivity index (χ4v) is 2.31. The van der Waals surface area contributed by atoms with Crippen molar-refractivity contribution in [1.82, 2.24) is 0 Å². The first kappa shape index (κ1) is 13.7. The van der Waals surface area contributed by atoms with Gasteiger partial charge in [0.05, 0.1) is 12.3 Å². The maximum absolute atomic E-state index is 5.52. The third-order valence-electron chi connectivity index (χ3n) is 3.36. The van der Waals surface area contributed by atoms with Gasteiger partial charge >= 0.3 is 0 Å². The SMILES string of the molecule is CCC(Nc1ccccc1C(C)(C)C)c1ccco1. The molecule has 0 aliphatic heterocycles. The van der Waals surface area contributed by atoms with E-state index in [4.69, 9.17) is 4.42 Å². The van der Waals surface area contributed by atoms with Gasteiger partial charge in [0.25, 0.3) is 0 Å². The van der Waals surface area contributed by atoms with E-state index in [-0.39, 0.29) is 11.5 Å². The monoisotopic (exact) mass is 257 g/mol. The summed E-state index contributed by atoms with van der Waals surface area (Å²) in [5.41, 5.74) is 2.66. The van der Waals surface area contributed by atoms with Crippen LogP contribution in [-0.2, 0) is 5.41 Å². The molecule has 0 saturated carbocycles. The van der Waals surface area contributed by atoms with Gasteiger partial charge in [-0.05, 0) is 35.6 Å². The molecule has 1 aromatic heterocycles. The first-order valence-corrected chi connectivity index (χ1v) is 6.92. The van der Waals surface area contributed by atoms with E-state index in [0.29, 0.717) is 0 Å². The second-order valence-corrected chi connectivity index (χ2v) is 5.92. The van der Waals surface area contributed by atoms with Crippen molar-refractivity contribution in [2.45, 2.75) is 45.6 Å². The maximum atomic E-state index is 5.52. The summed E-state index contributed by atoms with van der Waals surface area (Å²) in [6.07, 6.45) is 2.72. The molecule has 0 bridgehead atoms. The summed E-state index contributed by atoms with van der Waals surface area (Å²) in [4.78, 5) is 0. The lowest BCUT2D eigenvalue weighted by atomic mass is 9.85. The summed E-state index contributed by atoms with van der Waals surface area (Å²) in [5, 5.41) is 3.61. The lowest BCUT2D eigenvalue weighted by molar-refractivity contribution is 0.473. The van der Waals surface area contributed by atoms with Crippen molar-refractivity contribution in [2.24, 2.45) is 0 Å². The highest BCUT2D eigenvalue weighted by Gasteiger charge is 2.20. The van der Waals surface area contributed by atoms with E-state index < -0.39 is 0 Å². The Balaban J connectivity index is 2.28. The minimum Gasteiger partial charge on any atom is -0.467 e. The number of rotatable bonds is 4. The third kappa shape index (κ3) is 3.19. The van der Waals surface area contributed by atoms with Crippen LogP contribution in [0.5, 0.6) is 0 Å². The molecule has 19 heavy (non-hydrogen) atoms. The zero-order valence-corrected chi connectivity index (χ0v) is 12.2. The minimum absolute atomic E-state index is 0.130. The minimum atomic E-state index is 0.130. The summed E-state index contributed by atoms with van der Waals surface area (Å²) in [6, 6.07) is 12.7. The van der Waals surface area contributed by atoms with Gasteiger partial charge in [-0.3, -0.25) is 0 Å². The summed E-state index contributed by atoms with van der Waals surface area (Å²) in [5.74, 6) is 0.992. The number of anilines is 1. The fourth-order valence-electron chi connectivity index (χ4n) is 2.31. The average molecular weight is 257 g/mol. The van der Waals surface area contributed by atoms with Crippen LogP contribution in [0.3, 0.4) is 0 Å². The summed E-state index contributed by atoms with van der Waals surface area (Å²) >= 11 is 0. The van der Waals surface area contributed by atoms with E-state index in [0.717, 1.165) is 12.2 Å². The molecule has 0 spiro atoms. The zero-order chi connectivity index (χ0) is 13.9. The van der Waals surface area contributed by atoms with E-state index in [1.54, 1.807) is 6.26 Å². The van der Waals surface area contributed by atoms with Gasteiger partial charge < -0.3 is 9.73 Å². The molecule has 1 unspecified atom stereocenters. The van der Waals surface area contributed by atoms with Gasteiger partial charge in [-0.15, -0.1) is 0 Å². The van der Waals surface area contributed by atoms with Gasteiger partial charge in [-0.1, -0.05) is 45.9 Å². The normalized spacial score (nSPS) is 13.3. The molecule has 2 aromatic rings. The van der Waals surface area contributed by atoms with Crippen LogP contribution in [0.4, 0.5) is 5.69 Å². The van der Waals surface area contributed by atoms with Crippen LogP contribution in [0.15, 0.2) is 47.1 Å². The zero-order valence-electron chi connectivity index (χ0n) is 12.2. The lowest BCUT2D eigenvalue weighted by Gasteiger charge is -2.26. The van der Waals surface area contributed by atoms with Crippen LogP contribution in [0, 0.1) is 0 Å². The Labute approximate surface area is 115 Å². The lowest BCUT2D eigenvalue weighted by Crippen LogP contribution is -2.17. The molecule has 2 heteroatoms. The predicted molar refractivity (Wildman–Crippen MR) is 80.5 cm³/mol. The maximum Gasteiger partial charge on any atom is 0.125 e. The quantitative estimate of drug-likeness (QED) is 0.820. The molecular weight excluding hydrogens is 234 g/mol. The molecular formula is C17H23NO. The predicted octanol–water partition coefficient (Wildman–Crippen LogP) is 5.14. The molecule has 102 valence electrons. The molecule has 1 aromatic carbocycles. The molecule has 1 heterocycles. The van der Waals surface area contributed by atoms with Crippen molar-refractivity contribution in [2.75, 3.05) is 5.32 Å². The number of para-hydroxylation sites is 1. The highest BCUT2D eigenvalue weighted by Crippen LogP contribution is 2.32. The molecule has 0 saturated heterocycles. The van der Waals surface area contributed by atoms with E-state index >= 15 is 0 Å². The van der Waals surface area contributed by atoms with Crippen LogP contribution < -0.4 is 5.32 Å². The molecule has 1 N–H and O–H groups in total. The molecule has 2 nitrogen and oxygen atoms in total. The Hall–Kier alpha value is -1.70. The van der Waals surface area contributed by atoms with Crippen molar-refractivity contribution in [3.8, 4) is 0 Å². The highest BCUT2D eigenvalue weighted by atomic mass is 16.3. The van der Waals surface area contributed by atoms with Gasteiger partial charge in [0, 0.05) is 5.69 Å². The van der Waals surface area contributed by atoms with Gasteiger partial charge in [-0.2, -0.15) is 0 Å².